The number of nitriles is 1. The zero-order valence-electron chi connectivity index (χ0n) is 17.6. The summed E-state index contributed by atoms with van der Waals surface area (Å²) in [7, 11) is 0. The second-order valence-corrected chi connectivity index (χ2v) is 6.51. The normalized spacial score (nSPS) is 10.8. The van der Waals surface area contributed by atoms with Crippen molar-refractivity contribution in [2.45, 2.75) is 26.7 Å². The molecule has 0 aliphatic heterocycles. The fourth-order valence-electron chi connectivity index (χ4n) is 2.85. The third kappa shape index (κ3) is 7.51. The fourth-order valence-corrected chi connectivity index (χ4v) is 2.85. The standard InChI is InChI=1S/C24H29N3O3/c1-3-29-22-11-10-20(16-23(22)30-4-2)12-14-26-18-21(17-25)24(28)27-15-13-19-8-6-5-7-9-19/h5-11,16,18,26H,3-4,12-15H2,1-2H3,(H,27,28)/b21-18-. The molecule has 0 fully saturated rings. The van der Waals surface area contributed by atoms with E-state index >= 15 is 0 Å². The smallest absolute Gasteiger partial charge is 0.263 e. The molecule has 2 rings (SSSR count). The average molecular weight is 408 g/mol. The lowest BCUT2D eigenvalue weighted by atomic mass is 10.1. The van der Waals surface area contributed by atoms with Crippen LogP contribution in [0.15, 0.2) is 60.3 Å². The Morgan fingerprint density at radius 3 is 2.37 bits per heavy atom. The number of amides is 1. The first kappa shape index (κ1) is 22.8. The van der Waals surface area contributed by atoms with Crippen molar-refractivity contribution in [2.75, 3.05) is 26.3 Å². The minimum atomic E-state index is -0.374. The molecular formula is C24H29N3O3. The van der Waals surface area contributed by atoms with Gasteiger partial charge in [0, 0.05) is 19.3 Å². The zero-order chi connectivity index (χ0) is 21.6. The van der Waals surface area contributed by atoms with E-state index in [4.69, 9.17) is 9.47 Å². The molecule has 0 bridgehead atoms. The monoisotopic (exact) mass is 407 g/mol. The highest BCUT2D eigenvalue weighted by Crippen LogP contribution is 2.28. The minimum absolute atomic E-state index is 0.0600. The summed E-state index contributed by atoms with van der Waals surface area (Å²) >= 11 is 0. The summed E-state index contributed by atoms with van der Waals surface area (Å²) in [5, 5.41) is 15.1. The van der Waals surface area contributed by atoms with E-state index in [1.807, 2.05) is 68.4 Å². The largest absolute Gasteiger partial charge is 0.490 e. The topological polar surface area (TPSA) is 83.4 Å². The number of ether oxygens (including phenoxy) is 2. The highest BCUT2D eigenvalue weighted by atomic mass is 16.5. The van der Waals surface area contributed by atoms with Gasteiger partial charge in [-0.05, 0) is 49.9 Å². The number of nitrogens with one attached hydrogen (secondary N) is 2. The summed E-state index contributed by atoms with van der Waals surface area (Å²) in [6.45, 7) is 6.08. The second-order valence-electron chi connectivity index (χ2n) is 6.51. The van der Waals surface area contributed by atoms with Crippen LogP contribution in [-0.4, -0.2) is 32.2 Å². The van der Waals surface area contributed by atoms with E-state index in [9.17, 15) is 10.1 Å². The average Bonchev–Trinajstić information content (AvgIpc) is 2.76. The summed E-state index contributed by atoms with van der Waals surface area (Å²) in [4.78, 5) is 12.2. The van der Waals surface area contributed by atoms with Crippen LogP contribution in [0.2, 0.25) is 0 Å². The number of hydrogen-bond donors (Lipinski definition) is 2. The van der Waals surface area contributed by atoms with Crippen molar-refractivity contribution < 1.29 is 14.3 Å². The van der Waals surface area contributed by atoms with Crippen LogP contribution in [0.4, 0.5) is 0 Å². The van der Waals surface area contributed by atoms with Gasteiger partial charge < -0.3 is 20.1 Å². The molecule has 0 saturated heterocycles. The Morgan fingerprint density at radius 2 is 1.67 bits per heavy atom. The Balaban J connectivity index is 1.81. The lowest BCUT2D eigenvalue weighted by Gasteiger charge is -2.12. The highest BCUT2D eigenvalue weighted by molar-refractivity contribution is 5.97. The second kappa shape index (κ2) is 12.9. The van der Waals surface area contributed by atoms with Gasteiger partial charge in [0.1, 0.15) is 11.6 Å². The molecule has 0 saturated carbocycles. The van der Waals surface area contributed by atoms with Crippen molar-refractivity contribution >= 4 is 5.91 Å². The SMILES string of the molecule is CCOc1ccc(CCN/C=C(/C#N)C(=O)NCCc2ccccc2)cc1OCC. The van der Waals surface area contributed by atoms with Crippen LogP contribution in [0.1, 0.15) is 25.0 Å². The molecule has 0 spiro atoms. The molecular weight excluding hydrogens is 378 g/mol. The van der Waals surface area contributed by atoms with Crippen molar-refractivity contribution in [1.29, 1.82) is 5.26 Å². The number of hydrogen-bond acceptors (Lipinski definition) is 5. The Bertz CT molecular complexity index is 873. The van der Waals surface area contributed by atoms with Crippen molar-refractivity contribution in [3.05, 3.63) is 71.4 Å². The molecule has 6 heteroatoms. The molecule has 0 heterocycles. The maximum absolute atomic E-state index is 12.2. The first-order valence-corrected chi connectivity index (χ1v) is 10.2. The van der Waals surface area contributed by atoms with Gasteiger partial charge in [0.05, 0.1) is 13.2 Å². The quantitative estimate of drug-likeness (QED) is 0.320. The first-order chi connectivity index (χ1) is 14.7. The molecule has 158 valence electrons. The number of carbonyl (C=O) groups is 1. The zero-order valence-corrected chi connectivity index (χ0v) is 17.6. The van der Waals surface area contributed by atoms with E-state index in [0.29, 0.717) is 26.3 Å². The van der Waals surface area contributed by atoms with Crippen molar-refractivity contribution in [3.63, 3.8) is 0 Å². The summed E-state index contributed by atoms with van der Waals surface area (Å²) < 4.78 is 11.2. The van der Waals surface area contributed by atoms with Crippen LogP contribution in [0.25, 0.3) is 0 Å². The third-order valence-electron chi connectivity index (χ3n) is 4.32. The maximum atomic E-state index is 12.2. The molecule has 2 aromatic rings. The van der Waals surface area contributed by atoms with Gasteiger partial charge in [-0.2, -0.15) is 5.26 Å². The van der Waals surface area contributed by atoms with Gasteiger partial charge in [0.15, 0.2) is 11.5 Å². The summed E-state index contributed by atoms with van der Waals surface area (Å²) in [6.07, 6.45) is 2.91. The molecule has 6 nitrogen and oxygen atoms in total. The fraction of sp³-hybridized carbons (Fsp3) is 0.333. The van der Waals surface area contributed by atoms with Gasteiger partial charge in [-0.1, -0.05) is 36.4 Å². The van der Waals surface area contributed by atoms with Gasteiger partial charge in [0.2, 0.25) is 0 Å². The molecule has 0 radical (unpaired) electrons. The Hall–Kier alpha value is -3.46. The highest BCUT2D eigenvalue weighted by Gasteiger charge is 2.08. The lowest BCUT2D eigenvalue weighted by molar-refractivity contribution is -0.117. The molecule has 0 aliphatic rings. The van der Waals surface area contributed by atoms with Crippen LogP contribution < -0.4 is 20.1 Å². The van der Waals surface area contributed by atoms with Gasteiger partial charge >= 0.3 is 0 Å². The third-order valence-corrected chi connectivity index (χ3v) is 4.32. The molecule has 0 unspecified atom stereocenters. The molecule has 2 aromatic carbocycles. The predicted molar refractivity (Wildman–Crippen MR) is 117 cm³/mol. The van der Waals surface area contributed by atoms with Gasteiger partial charge in [-0.15, -0.1) is 0 Å². The van der Waals surface area contributed by atoms with Crippen LogP contribution in [0.5, 0.6) is 11.5 Å². The minimum Gasteiger partial charge on any atom is -0.490 e. The Kier molecular flexibility index (Phi) is 9.81. The van der Waals surface area contributed by atoms with Crippen LogP contribution in [0, 0.1) is 11.3 Å². The van der Waals surface area contributed by atoms with Crippen LogP contribution >= 0.6 is 0 Å². The molecule has 0 aromatic heterocycles. The van der Waals surface area contributed by atoms with E-state index < -0.39 is 0 Å². The molecule has 0 aliphatic carbocycles. The number of nitrogens with zero attached hydrogens (tertiary/aromatic N) is 1. The van der Waals surface area contributed by atoms with Gasteiger partial charge in [-0.25, -0.2) is 0 Å². The van der Waals surface area contributed by atoms with Crippen LogP contribution in [0.3, 0.4) is 0 Å². The number of rotatable bonds is 12. The molecule has 2 N–H and O–H groups in total. The Morgan fingerprint density at radius 1 is 0.967 bits per heavy atom. The summed E-state index contributed by atoms with van der Waals surface area (Å²) in [5.74, 6) is 1.08. The number of benzene rings is 2. The van der Waals surface area contributed by atoms with Crippen LogP contribution in [-0.2, 0) is 17.6 Å². The first-order valence-electron chi connectivity index (χ1n) is 10.2. The van der Waals surface area contributed by atoms with E-state index in [1.165, 1.54) is 6.20 Å². The van der Waals surface area contributed by atoms with Gasteiger partial charge in [0.25, 0.3) is 5.91 Å². The molecule has 1 amide bonds. The van der Waals surface area contributed by atoms with E-state index in [2.05, 4.69) is 10.6 Å². The summed E-state index contributed by atoms with van der Waals surface area (Å²) in [6, 6.07) is 17.7. The molecule has 30 heavy (non-hydrogen) atoms. The predicted octanol–water partition coefficient (Wildman–Crippen LogP) is 3.38. The lowest BCUT2D eigenvalue weighted by Crippen LogP contribution is -2.27. The van der Waals surface area contributed by atoms with Gasteiger partial charge in [-0.3, -0.25) is 4.79 Å². The molecule has 0 atom stereocenters. The van der Waals surface area contributed by atoms with E-state index in [1.54, 1.807) is 0 Å². The van der Waals surface area contributed by atoms with Crippen molar-refractivity contribution in [1.82, 2.24) is 10.6 Å². The Labute approximate surface area is 178 Å². The van der Waals surface area contributed by atoms with Crippen molar-refractivity contribution in [3.8, 4) is 17.6 Å². The number of carbonyl (C=O) groups excluding carboxylic acids is 1. The maximum Gasteiger partial charge on any atom is 0.263 e. The van der Waals surface area contributed by atoms with E-state index in [0.717, 1.165) is 35.5 Å². The van der Waals surface area contributed by atoms with Crippen molar-refractivity contribution in [2.24, 2.45) is 0 Å². The summed E-state index contributed by atoms with van der Waals surface area (Å²) in [5.41, 5.74) is 2.28. The van der Waals surface area contributed by atoms with E-state index in [-0.39, 0.29) is 11.5 Å².